The first-order valence-electron chi connectivity index (χ1n) is 12.9. The van der Waals surface area contributed by atoms with Crippen molar-refractivity contribution in [3.63, 3.8) is 0 Å². The molecule has 0 aliphatic rings. The standard InChI is InChI=1S/C18H16ClNO3S.C13H15NO3S/c1-12-4-3-5-17-14(10-13(2)20-18(12)17)11-23-15-6-8-16(9-7-15)24(19,21)22;1-9-5-4-6-12-11(8-17-18(3,15)16)7-10(2)14-13(9)12/h3-10H,11H2,1-2H3;4-7H,8H2,1-3H3. The van der Waals surface area contributed by atoms with E-state index < -0.39 is 19.2 Å². The molecule has 2 aromatic heterocycles. The van der Waals surface area contributed by atoms with Crippen LogP contribution in [0.3, 0.4) is 0 Å². The van der Waals surface area contributed by atoms with Crippen molar-refractivity contribution in [2.75, 3.05) is 6.26 Å². The molecule has 0 amide bonds. The average Bonchev–Trinajstić information content (AvgIpc) is 2.91. The van der Waals surface area contributed by atoms with Crippen LogP contribution in [0.15, 0.2) is 77.7 Å². The molecular formula is C31H31ClN2O6S2. The predicted molar refractivity (Wildman–Crippen MR) is 166 cm³/mol. The molecule has 0 spiro atoms. The van der Waals surface area contributed by atoms with E-state index >= 15 is 0 Å². The first kappa shape index (κ1) is 31.4. The molecule has 0 bridgehead atoms. The molecule has 5 rings (SSSR count). The summed E-state index contributed by atoms with van der Waals surface area (Å²) in [4.78, 5) is 9.12. The molecule has 0 aliphatic carbocycles. The summed E-state index contributed by atoms with van der Waals surface area (Å²) in [6, 6.07) is 21.8. The first-order valence-corrected chi connectivity index (χ1v) is 17.1. The average molecular weight is 627 g/mol. The van der Waals surface area contributed by atoms with E-state index in [0.29, 0.717) is 12.4 Å². The van der Waals surface area contributed by atoms with E-state index in [2.05, 4.69) is 9.97 Å². The predicted octanol–water partition coefficient (Wildman–Crippen LogP) is 6.69. The molecule has 11 heteroatoms. The van der Waals surface area contributed by atoms with Gasteiger partial charge in [0.05, 0.1) is 28.8 Å². The lowest BCUT2D eigenvalue weighted by Gasteiger charge is -2.11. The SMILES string of the molecule is Cc1cc(COS(C)(=O)=O)c2cccc(C)c2n1.Cc1cc(COc2ccc(S(=O)(=O)Cl)cc2)c2cccc(C)c2n1. The number of benzene rings is 3. The smallest absolute Gasteiger partial charge is 0.264 e. The number of para-hydroxylation sites is 2. The molecule has 220 valence electrons. The zero-order valence-corrected chi connectivity index (χ0v) is 26.3. The zero-order chi connectivity index (χ0) is 30.7. The van der Waals surface area contributed by atoms with Gasteiger partial charge < -0.3 is 4.74 Å². The van der Waals surface area contributed by atoms with Crippen molar-refractivity contribution in [2.24, 2.45) is 0 Å². The van der Waals surface area contributed by atoms with Crippen molar-refractivity contribution in [3.8, 4) is 5.75 Å². The lowest BCUT2D eigenvalue weighted by atomic mass is 10.1. The number of fused-ring (bicyclic) bond motifs is 2. The second-order valence-corrected chi connectivity index (χ2v) is 14.2. The maximum atomic E-state index is 11.3. The Morgan fingerprint density at radius 1 is 0.690 bits per heavy atom. The van der Waals surface area contributed by atoms with E-state index in [1.807, 2.05) is 76.2 Å². The summed E-state index contributed by atoms with van der Waals surface area (Å²) in [6.07, 6.45) is 1.05. The number of hydrogen-bond acceptors (Lipinski definition) is 8. The minimum Gasteiger partial charge on any atom is -0.489 e. The minimum atomic E-state index is -3.72. The van der Waals surface area contributed by atoms with E-state index in [-0.39, 0.29) is 11.5 Å². The highest BCUT2D eigenvalue weighted by Crippen LogP contribution is 2.25. The number of aryl methyl sites for hydroxylation is 4. The molecule has 0 N–H and O–H groups in total. The van der Waals surface area contributed by atoms with Crippen LogP contribution in [-0.4, -0.2) is 33.1 Å². The molecule has 0 saturated carbocycles. The van der Waals surface area contributed by atoms with E-state index in [0.717, 1.165) is 61.7 Å². The minimum absolute atomic E-state index is 0.0438. The molecule has 5 aromatic rings. The largest absolute Gasteiger partial charge is 0.489 e. The van der Waals surface area contributed by atoms with Crippen LogP contribution in [0.4, 0.5) is 0 Å². The Labute approximate surface area is 250 Å². The van der Waals surface area contributed by atoms with Crippen molar-refractivity contribution >= 4 is 51.7 Å². The van der Waals surface area contributed by atoms with Crippen molar-refractivity contribution in [3.05, 3.63) is 106 Å². The zero-order valence-electron chi connectivity index (χ0n) is 23.9. The summed E-state index contributed by atoms with van der Waals surface area (Å²) in [5.74, 6) is 0.578. The van der Waals surface area contributed by atoms with Gasteiger partial charge in [0.15, 0.2) is 0 Å². The van der Waals surface area contributed by atoms with Crippen LogP contribution < -0.4 is 4.74 Å². The van der Waals surface area contributed by atoms with Crippen LogP contribution in [0.25, 0.3) is 21.8 Å². The fourth-order valence-corrected chi connectivity index (χ4v) is 5.59. The molecular weight excluding hydrogens is 596 g/mol. The Bertz CT molecular complexity index is 1980. The summed E-state index contributed by atoms with van der Waals surface area (Å²) in [6.45, 7) is 8.27. The Balaban J connectivity index is 0.000000201. The summed E-state index contributed by atoms with van der Waals surface area (Å²) in [7, 11) is -1.85. The van der Waals surface area contributed by atoms with Crippen LogP contribution in [-0.2, 0) is 36.6 Å². The van der Waals surface area contributed by atoms with E-state index in [4.69, 9.17) is 19.6 Å². The van der Waals surface area contributed by atoms with Crippen LogP contribution in [0.2, 0.25) is 0 Å². The normalized spacial score (nSPS) is 11.8. The third-order valence-electron chi connectivity index (χ3n) is 6.44. The molecule has 0 unspecified atom stereocenters. The fourth-order valence-electron chi connectivity index (χ4n) is 4.48. The lowest BCUT2D eigenvalue weighted by Crippen LogP contribution is -2.04. The van der Waals surface area contributed by atoms with Crippen molar-refractivity contribution in [1.82, 2.24) is 9.97 Å². The van der Waals surface area contributed by atoms with Gasteiger partial charge in [-0.15, -0.1) is 0 Å². The topological polar surface area (TPSA) is 113 Å². The number of hydrogen-bond donors (Lipinski definition) is 0. The van der Waals surface area contributed by atoms with Gasteiger partial charge in [-0.3, -0.25) is 14.2 Å². The van der Waals surface area contributed by atoms with Crippen molar-refractivity contribution in [1.29, 1.82) is 0 Å². The highest BCUT2D eigenvalue weighted by atomic mass is 35.7. The van der Waals surface area contributed by atoms with Gasteiger partial charge in [0, 0.05) is 38.4 Å². The van der Waals surface area contributed by atoms with E-state index in [1.165, 1.54) is 12.1 Å². The maximum absolute atomic E-state index is 11.3. The molecule has 3 aromatic carbocycles. The van der Waals surface area contributed by atoms with Gasteiger partial charge in [-0.05, 0) is 80.8 Å². The van der Waals surface area contributed by atoms with Gasteiger partial charge in [0.2, 0.25) is 0 Å². The van der Waals surface area contributed by atoms with Gasteiger partial charge >= 0.3 is 0 Å². The molecule has 0 radical (unpaired) electrons. The van der Waals surface area contributed by atoms with Crippen molar-refractivity contribution in [2.45, 2.75) is 45.8 Å². The van der Waals surface area contributed by atoms with Gasteiger partial charge in [0.25, 0.3) is 19.2 Å². The molecule has 42 heavy (non-hydrogen) atoms. The van der Waals surface area contributed by atoms with E-state index in [1.54, 1.807) is 12.1 Å². The number of rotatable bonds is 7. The Kier molecular flexibility index (Phi) is 9.52. The van der Waals surface area contributed by atoms with Gasteiger partial charge in [0.1, 0.15) is 12.4 Å². The third kappa shape index (κ3) is 8.04. The van der Waals surface area contributed by atoms with Crippen LogP contribution in [0, 0.1) is 27.7 Å². The number of halogens is 1. The van der Waals surface area contributed by atoms with E-state index in [9.17, 15) is 16.8 Å². The van der Waals surface area contributed by atoms with Gasteiger partial charge in [-0.2, -0.15) is 8.42 Å². The Morgan fingerprint density at radius 3 is 1.62 bits per heavy atom. The number of aromatic nitrogens is 2. The molecule has 8 nitrogen and oxygen atoms in total. The molecule has 0 fully saturated rings. The lowest BCUT2D eigenvalue weighted by molar-refractivity contribution is 0.307. The Morgan fingerprint density at radius 2 is 1.17 bits per heavy atom. The molecule has 2 heterocycles. The molecule has 0 saturated heterocycles. The van der Waals surface area contributed by atoms with Crippen molar-refractivity contribution < 1.29 is 25.8 Å². The van der Waals surface area contributed by atoms with Gasteiger partial charge in [-0.25, -0.2) is 8.42 Å². The molecule has 0 aliphatic heterocycles. The number of pyridine rings is 2. The molecule has 0 atom stereocenters. The summed E-state index contributed by atoms with van der Waals surface area (Å²) in [5, 5.41) is 1.99. The highest BCUT2D eigenvalue weighted by Gasteiger charge is 2.11. The summed E-state index contributed by atoms with van der Waals surface area (Å²) >= 11 is 0. The van der Waals surface area contributed by atoms with Crippen LogP contribution in [0.1, 0.15) is 33.6 Å². The first-order chi connectivity index (χ1) is 19.7. The second kappa shape index (κ2) is 12.7. The third-order valence-corrected chi connectivity index (χ3v) is 8.35. The fraction of sp³-hybridized carbons (Fsp3) is 0.226. The maximum Gasteiger partial charge on any atom is 0.264 e. The monoisotopic (exact) mass is 626 g/mol. The highest BCUT2D eigenvalue weighted by molar-refractivity contribution is 8.13. The number of nitrogens with zero attached hydrogens (tertiary/aromatic N) is 2. The van der Waals surface area contributed by atoms with Gasteiger partial charge in [-0.1, -0.05) is 36.4 Å². The Hall–Kier alpha value is -3.57. The van der Waals surface area contributed by atoms with Crippen LogP contribution >= 0.6 is 10.7 Å². The second-order valence-electron chi connectivity index (χ2n) is 9.95. The summed E-state index contributed by atoms with van der Waals surface area (Å²) < 4.78 is 55.3. The van der Waals surface area contributed by atoms with Crippen LogP contribution in [0.5, 0.6) is 5.75 Å². The number of ether oxygens (including phenoxy) is 1. The quantitative estimate of drug-likeness (QED) is 0.145. The summed E-state index contributed by atoms with van der Waals surface area (Å²) in [5.41, 5.74) is 7.71.